The molecule has 0 saturated heterocycles. The highest BCUT2D eigenvalue weighted by Gasteiger charge is 2.14. The smallest absolute Gasteiger partial charge is 0.236 e. The van der Waals surface area contributed by atoms with Gasteiger partial charge >= 0.3 is 0 Å². The molecule has 0 spiro atoms. The van der Waals surface area contributed by atoms with Crippen LogP contribution in [0.25, 0.3) is 0 Å². The first-order valence-electron chi connectivity index (χ1n) is 5.81. The van der Waals surface area contributed by atoms with Gasteiger partial charge in [-0.25, -0.2) is 4.98 Å². The molecule has 2 rings (SSSR count). The fourth-order valence-electron chi connectivity index (χ4n) is 1.73. The highest BCUT2D eigenvalue weighted by atomic mass is 16.5. The van der Waals surface area contributed by atoms with Crippen LogP contribution in [0.3, 0.4) is 0 Å². The van der Waals surface area contributed by atoms with Gasteiger partial charge in [-0.1, -0.05) is 6.07 Å². The number of nitrogens with zero attached hydrogens (tertiary/aromatic N) is 3. The minimum atomic E-state index is -0.198. The van der Waals surface area contributed by atoms with Gasteiger partial charge in [-0.3, -0.25) is 9.97 Å². The predicted molar refractivity (Wildman–Crippen MR) is 68.1 cm³/mol. The third-order valence-electron chi connectivity index (χ3n) is 2.67. The lowest BCUT2D eigenvalue weighted by Crippen LogP contribution is -2.15. The van der Waals surface area contributed by atoms with Crippen molar-refractivity contribution in [1.29, 1.82) is 0 Å². The highest BCUT2D eigenvalue weighted by molar-refractivity contribution is 5.21. The van der Waals surface area contributed by atoms with Gasteiger partial charge in [-0.2, -0.15) is 0 Å². The van der Waals surface area contributed by atoms with E-state index < -0.39 is 0 Å². The van der Waals surface area contributed by atoms with Crippen LogP contribution in [0.2, 0.25) is 0 Å². The maximum atomic E-state index is 6.11. The van der Waals surface area contributed by atoms with E-state index >= 15 is 0 Å². The van der Waals surface area contributed by atoms with Crippen LogP contribution in [0.5, 0.6) is 5.88 Å². The van der Waals surface area contributed by atoms with Crippen molar-refractivity contribution < 1.29 is 4.74 Å². The quantitative estimate of drug-likeness (QED) is 0.863. The molecule has 1 atom stereocenters. The minimum Gasteiger partial charge on any atom is -0.480 e. The number of hydrogen-bond acceptors (Lipinski definition) is 5. The van der Waals surface area contributed by atoms with Crippen LogP contribution in [0, 0.1) is 0 Å². The summed E-state index contributed by atoms with van der Waals surface area (Å²) in [6.45, 7) is 0. The Bertz CT molecular complexity index is 489. The Morgan fingerprint density at radius 2 is 2.00 bits per heavy atom. The summed E-state index contributed by atoms with van der Waals surface area (Å²) in [7, 11) is 1.57. The van der Waals surface area contributed by atoms with Gasteiger partial charge in [0.1, 0.15) is 5.69 Å². The number of aryl methyl sites for hydroxylation is 1. The van der Waals surface area contributed by atoms with Crippen LogP contribution >= 0.6 is 0 Å². The molecule has 0 aliphatic carbocycles. The summed E-state index contributed by atoms with van der Waals surface area (Å²) in [6, 6.07) is 5.66. The molecular formula is C13H16N4O. The van der Waals surface area contributed by atoms with Crippen LogP contribution in [0.1, 0.15) is 23.9 Å². The first kappa shape index (κ1) is 12.4. The Balaban J connectivity index is 2.01. The van der Waals surface area contributed by atoms with E-state index in [1.54, 1.807) is 25.7 Å². The van der Waals surface area contributed by atoms with Crippen molar-refractivity contribution in [1.82, 2.24) is 15.0 Å². The van der Waals surface area contributed by atoms with Crippen molar-refractivity contribution in [2.45, 2.75) is 18.9 Å². The van der Waals surface area contributed by atoms with E-state index in [2.05, 4.69) is 15.0 Å². The molecule has 0 aliphatic heterocycles. The molecule has 2 heterocycles. The predicted octanol–water partition coefficient (Wildman–Crippen LogP) is 1.51. The van der Waals surface area contributed by atoms with Crippen LogP contribution in [0.4, 0.5) is 0 Å². The Morgan fingerprint density at radius 3 is 2.72 bits per heavy atom. The van der Waals surface area contributed by atoms with Gasteiger partial charge in [0.15, 0.2) is 0 Å². The molecule has 0 radical (unpaired) electrons. The second-order valence-electron chi connectivity index (χ2n) is 3.92. The zero-order valence-electron chi connectivity index (χ0n) is 10.3. The normalized spacial score (nSPS) is 12.1. The van der Waals surface area contributed by atoms with Crippen LogP contribution in [-0.4, -0.2) is 22.1 Å². The molecule has 0 fully saturated rings. The van der Waals surface area contributed by atoms with E-state index in [-0.39, 0.29) is 6.04 Å². The van der Waals surface area contributed by atoms with E-state index in [1.807, 2.05) is 18.2 Å². The maximum absolute atomic E-state index is 6.11. The SMILES string of the molecule is COc1nccnc1C(N)CCc1ccccn1. The maximum Gasteiger partial charge on any atom is 0.236 e. The van der Waals surface area contributed by atoms with E-state index in [4.69, 9.17) is 10.5 Å². The van der Waals surface area contributed by atoms with Crippen LogP contribution in [-0.2, 0) is 6.42 Å². The average Bonchev–Trinajstić information content (AvgIpc) is 2.45. The number of aromatic nitrogens is 3. The van der Waals surface area contributed by atoms with E-state index in [0.29, 0.717) is 11.6 Å². The third kappa shape index (κ3) is 3.01. The first-order valence-corrected chi connectivity index (χ1v) is 5.81. The summed E-state index contributed by atoms with van der Waals surface area (Å²) < 4.78 is 5.15. The fraction of sp³-hybridized carbons (Fsp3) is 0.308. The Morgan fingerprint density at radius 1 is 1.17 bits per heavy atom. The summed E-state index contributed by atoms with van der Waals surface area (Å²) >= 11 is 0. The van der Waals surface area contributed by atoms with Crippen molar-refractivity contribution in [3.63, 3.8) is 0 Å². The molecule has 5 heteroatoms. The van der Waals surface area contributed by atoms with Crippen molar-refractivity contribution in [3.05, 3.63) is 48.2 Å². The van der Waals surface area contributed by atoms with Crippen molar-refractivity contribution >= 4 is 0 Å². The molecule has 1 unspecified atom stereocenters. The largest absolute Gasteiger partial charge is 0.480 e. The zero-order chi connectivity index (χ0) is 12.8. The summed E-state index contributed by atoms with van der Waals surface area (Å²) in [5.74, 6) is 0.492. The van der Waals surface area contributed by atoms with Gasteiger partial charge in [-0.05, 0) is 25.0 Å². The number of methoxy groups -OCH3 is 1. The average molecular weight is 244 g/mol. The summed E-state index contributed by atoms with van der Waals surface area (Å²) in [5, 5.41) is 0. The lowest BCUT2D eigenvalue weighted by Gasteiger charge is -2.12. The minimum absolute atomic E-state index is 0.198. The van der Waals surface area contributed by atoms with Gasteiger partial charge in [0.25, 0.3) is 0 Å². The summed E-state index contributed by atoms with van der Waals surface area (Å²) in [5.41, 5.74) is 7.82. The van der Waals surface area contributed by atoms with Gasteiger partial charge in [0.2, 0.25) is 5.88 Å². The molecule has 0 aromatic carbocycles. The highest BCUT2D eigenvalue weighted by Crippen LogP contribution is 2.21. The molecule has 2 N–H and O–H groups in total. The molecular weight excluding hydrogens is 228 g/mol. The molecule has 2 aromatic heterocycles. The molecule has 94 valence electrons. The number of ether oxygens (including phenoxy) is 1. The number of pyridine rings is 1. The monoisotopic (exact) mass is 244 g/mol. The van der Waals surface area contributed by atoms with Crippen molar-refractivity contribution in [2.75, 3.05) is 7.11 Å². The lowest BCUT2D eigenvalue weighted by atomic mass is 10.1. The second-order valence-corrected chi connectivity index (χ2v) is 3.92. The molecule has 0 aliphatic rings. The number of hydrogen-bond donors (Lipinski definition) is 1. The van der Waals surface area contributed by atoms with Gasteiger partial charge in [0, 0.05) is 24.3 Å². The topological polar surface area (TPSA) is 73.9 Å². The molecule has 0 bridgehead atoms. The molecule has 0 amide bonds. The Kier molecular flexibility index (Phi) is 4.20. The van der Waals surface area contributed by atoms with Gasteiger partial charge < -0.3 is 10.5 Å². The van der Waals surface area contributed by atoms with E-state index in [1.165, 1.54) is 0 Å². The Labute approximate surface area is 106 Å². The van der Waals surface area contributed by atoms with Crippen molar-refractivity contribution in [2.24, 2.45) is 5.73 Å². The number of nitrogens with two attached hydrogens (primary N) is 1. The number of rotatable bonds is 5. The standard InChI is InChI=1S/C13H16N4O/c1-18-13-12(16-8-9-17-13)11(14)6-5-10-4-2-3-7-15-10/h2-4,7-9,11H,5-6,14H2,1H3. The Hall–Kier alpha value is -2.01. The molecule has 18 heavy (non-hydrogen) atoms. The van der Waals surface area contributed by atoms with E-state index in [0.717, 1.165) is 18.5 Å². The van der Waals surface area contributed by atoms with Crippen LogP contribution < -0.4 is 10.5 Å². The lowest BCUT2D eigenvalue weighted by molar-refractivity contribution is 0.382. The fourth-order valence-corrected chi connectivity index (χ4v) is 1.73. The molecule has 0 saturated carbocycles. The van der Waals surface area contributed by atoms with Crippen molar-refractivity contribution in [3.8, 4) is 5.88 Å². The zero-order valence-corrected chi connectivity index (χ0v) is 10.3. The molecule has 5 nitrogen and oxygen atoms in total. The van der Waals surface area contributed by atoms with Gasteiger partial charge in [0.05, 0.1) is 13.2 Å². The van der Waals surface area contributed by atoms with E-state index in [9.17, 15) is 0 Å². The first-order chi connectivity index (χ1) is 8.81. The second kappa shape index (κ2) is 6.07. The summed E-state index contributed by atoms with van der Waals surface area (Å²) in [6.07, 6.45) is 6.56. The third-order valence-corrected chi connectivity index (χ3v) is 2.67. The van der Waals surface area contributed by atoms with Gasteiger partial charge in [-0.15, -0.1) is 0 Å². The summed E-state index contributed by atoms with van der Waals surface area (Å²) in [4.78, 5) is 12.6. The molecule has 2 aromatic rings. The van der Waals surface area contributed by atoms with Crippen LogP contribution in [0.15, 0.2) is 36.8 Å².